The van der Waals surface area contributed by atoms with E-state index in [0.717, 1.165) is 25.9 Å². The lowest BCUT2D eigenvalue weighted by atomic mass is 9.80. The van der Waals surface area contributed by atoms with E-state index in [2.05, 4.69) is 12.2 Å². The summed E-state index contributed by atoms with van der Waals surface area (Å²) in [6, 6.07) is 0. The summed E-state index contributed by atoms with van der Waals surface area (Å²) in [6.45, 7) is 3.80. The van der Waals surface area contributed by atoms with Crippen LogP contribution in [0.3, 0.4) is 0 Å². The topological polar surface area (TPSA) is 32.3 Å². The number of rotatable bonds is 3. The van der Waals surface area contributed by atoms with E-state index in [1.165, 1.54) is 6.42 Å². The molecule has 1 rings (SSSR count). The van der Waals surface area contributed by atoms with Crippen molar-refractivity contribution in [3.8, 4) is 0 Å². The van der Waals surface area contributed by atoms with Crippen LogP contribution in [0, 0.1) is 0 Å². The van der Waals surface area contributed by atoms with Gasteiger partial charge in [-0.1, -0.05) is 6.92 Å². The van der Waals surface area contributed by atoms with Crippen LogP contribution >= 0.6 is 0 Å². The summed E-state index contributed by atoms with van der Waals surface area (Å²) >= 11 is 0. The van der Waals surface area contributed by atoms with Gasteiger partial charge in [-0.3, -0.25) is 0 Å². The molecule has 0 amide bonds. The maximum absolute atomic E-state index is 9.48. The number of likely N-dealkylation sites (N-methyl/N-ethyl adjacent to an activating group) is 1. The first kappa shape index (κ1) is 7.03. The van der Waals surface area contributed by atoms with Gasteiger partial charge in [-0.25, -0.2) is 0 Å². The molecule has 0 aromatic carbocycles. The molecule has 1 saturated carbocycles. The van der Waals surface area contributed by atoms with Crippen LogP contribution in [0.4, 0.5) is 0 Å². The van der Waals surface area contributed by atoms with Crippen LogP contribution in [-0.2, 0) is 0 Å². The van der Waals surface area contributed by atoms with Crippen LogP contribution in [0.2, 0.25) is 0 Å². The highest BCUT2D eigenvalue weighted by Crippen LogP contribution is 2.30. The fraction of sp³-hybridized carbons (Fsp3) is 1.00. The van der Waals surface area contributed by atoms with Crippen molar-refractivity contribution in [1.29, 1.82) is 0 Å². The van der Waals surface area contributed by atoms with Gasteiger partial charge in [-0.15, -0.1) is 0 Å². The predicted molar refractivity (Wildman–Crippen MR) is 37.3 cm³/mol. The molecular weight excluding hydrogens is 114 g/mol. The van der Waals surface area contributed by atoms with Crippen LogP contribution in [0.1, 0.15) is 26.2 Å². The quantitative estimate of drug-likeness (QED) is 0.582. The molecule has 0 saturated heterocycles. The van der Waals surface area contributed by atoms with Crippen molar-refractivity contribution in [2.24, 2.45) is 0 Å². The van der Waals surface area contributed by atoms with Crippen molar-refractivity contribution >= 4 is 0 Å². The Morgan fingerprint density at radius 2 is 2.22 bits per heavy atom. The Hall–Kier alpha value is -0.0800. The van der Waals surface area contributed by atoms with E-state index in [4.69, 9.17) is 0 Å². The third-order valence-electron chi connectivity index (χ3n) is 1.99. The highest BCUT2D eigenvalue weighted by atomic mass is 16.3. The fourth-order valence-electron chi connectivity index (χ4n) is 1.12. The van der Waals surface area contributed by atoms with E-state index in [1.54, 1.807) is 0 Å². The molecule has 2 heteroatoms. The summed E-state index contributed by atoms with van der Waals surface area (Å²) in [5.41, 5.74) is -0.337. The molecule has 2 N–H and O–H groups in total. The third-order valence-corrected chi connectivity index (χ3v) is 1.99. The summed E-state index contributed by atoms with van der Waals surface area (Å²) in [6.07, 6.45) is 3.17. The molecule has 0 unspecified atom stereocenters. The van der Waals surface area contributed by atoms with Crippen LogP contribution in [0.25, 0.3) is 0 Å². The molecule has 54 valence electrons. The second-order valence-electron chi connectivity index (χ2n) is 2.86. The standard InChI is InChI=1S/C7H15NO/c1-2-8-6-7(9)4-3-5-7/h8-9H,2-6H2,1H3. The van der Waals surface area contributed by atoms with E-state index >= 15 is 0 Å². The van der Waals surface area contributed by atoms with Gasteiger partial charge < -0.3 is 10.4 Å². The zero-order valence-corrected chi connectivity index (χ0v) is 5.98. The Labute approximate surface area is 56.3 Å². The maximum Gasteiger partial charge on any atom is 0.0771 e. The summed E-state index contributed by atoms with van der Waals surface area (Å²) in [7, 11) is 0. The number of hydrogen-bond donors (Lipinski definition) is 2. The zero-order valence-electron chi connectivity index (χ0n) is 5.98. The SMILES string of the molecule is CCNCC1(O)CCC1. The lowest BCUT2D eigenvalue weighted by molar-refractivity contribution is -0.0308. The predicted octanol–water partition coefficient (Wildman–Crippen LogP) is 0.511. The molecule has 1 aliphatic rings. The average Bonchev–Trinajstić information content (AvgIpc) is 1.79. The Bertz CT molecular complexity index is 88.9. The Morgan fingerprint density at radius 3 is 2.56 bits per heavy atom. The van der Waals surface area contributed by atoms with Gasteiger partial charge in [0.2, 0.25) is 0 Å². The number of nitrogens with one attached hydrogen (secondary N) is 1. The average molecular weight is 129 g/mol. The van der Waals surface area contributed by atoms with E-state index in [-0.39, 0.29) is 5.60 Å². The van der Waals surface area contributed by atoms with E-state index in [0.29, 0.717) is 0 Å². The molecule has 0 spiro atoms. The minimum absolute atomic E-state index is 0.337. The largest absolute Gasteiger partial charge is 0.389 e. The normalized spacial score (nSPS) is 23.3. The lowest BCUT2D eigenvalue weighted by Gasteiger charge is -2.36. The second-order valence-corrected chi connectivity index (χ2v) is 2.86. The second kappa shape index (κ2) is 2.67. The Morgan fingerprint density at radius 1 is 1.56 bits per heavy atom. The Balaban J connectivity index is 2.09. The minimum Gasteiger partial charge on any atom is -0.389 e. The lowest BCUT2D eigenvalue weighted by Crippen LogP contribution is -2.46. The number of aliphatic hydroxyl groups is 1. The van der Waals surface area contributed by atoms with Crippen molar-refractivity contribution < 1.29 is 5.11 Å². The van der Waals surface area contributed by atoms with Crippen molar-refractivity contribution in [2.75, 3.05) is 13.1 Å². The van der Waals surface area contributed by atoms with Gasteiger partial charge in [0.1, 0.15) is 0 Å². The Kier molecular flexibility index (Phi) is 2.09. The van der Waals surface area contributed by atoms with E-state index < -0.39 is 0 Å². The van der Waals surface area contributed by atoms with Crippen LogP contribution < -0.4 is 5.32 Å². The molecule has 1 aliphatic carbocycles. The molecule has 0 aliphatic heterocycles. The molecule has 0 aromatic rings. The zero-order chi connectivity index (χ0) is 6.74. The molecule has 0 aromatic heterocycles. The van der Waals surface area contributed by atoms with Gasteiger partial charge in [0.25, 0.3) is 0 Å². The molecule has 0 bridgehead atoms. The molecule has 0 heterocycles. The molecule has 0 atom stereocenters. The van der Waals surface area contributed by atoms with Crippen LogP contribution in [0.5, 0.6) is 0 Å². The first-order valence-electron chi connectivity index (χ1n) is 3.70. The molecular formula is C7H15NO. The fourth-order valence-corrected chi connectivity index (χ4v) is 1.12. The van der Waals surface area contributed by atoms with Crippen LogP contribution in [0.15, 0.2) is 0 Å². The highest BCUT2D eigenvalue weighted by molar-refractivity contribution is 4.88. The van der Waals surface area contributed by atoms with Gasteiger partial charge in [-0.05, 0) is 25.8 Å². The molecule has 1 fully saturated rings. The molecule has 9 heavy (non-hydrogen) atoms. The van der Waals surface area contributed by atoms with E-state index in [9.17, 15) is 5.11 Å². The third kappa shape index (κ3) is 1.66. The first-order chi connectivity index (χ1) is 4.27. The van der Waals surface area contributed by atoms with E-state index in [1.807, 2.05) is 0 Å². The molecule has 0 radical (unpaired) electrons. The van der Waals surface area contributed by atoms with Crippen LogP contribution in [-0.4, -0.2) is 23.8 Å². The summed E-state index contributed by atoms with van der Waals surface area (Å²) in [4.78, 5) is 0. The van der Waals surface area contributed by atoms with Crippen molar-refractivity contribution in [3.05, 3.63) is 0 Å². The van der Waals surface area contributed by atoms with Gasteiger partial charge in [0.15, 0.2) is 0 Å². The van der Waals surface area contributed by atoms with Gasteiger partial charge in [0, 0.05) is 6.54 Å². The summed E-state index contributed by atoms with van der Waals surface area (Å²) < 4.78 is 0. The summed E-state index contributed by atoms with van der Waals surface area (Å²) in [5, 5.41) is 12.6. The summed E-state index contributed by atoms with van der Waals surface area (Å²) in [5.74, 6) is 0. The number of hydrogen-bond acceptors (Lipinski definition) is 2. The molecule has 2 nitrogen and oxygen atoms in total. The minimum atomic E-state index is -0.337. The highest BCUT2D eigenvalue weighted by Gasteiger charge is 2.33. The smallest absolute Gasteiger partial charge is 0.0771 e. The van der Waals surface area contributed by atoms with Gasteiger partial charge in [0.05, 0.1) is 5.60 Å². The van der Waals surface area contributed by atoms with Gasteiger partial charge >= 0.3 is 0 Å². The maximum atomic E-state index is 9.48. The monoisotopic (exact) mass is 129 g/mol. The van der Waals surface area contributed by atoms with Crippen molar-refractivity contribution in [3.63, 3.8) is 0 Å². The van der Waals surface area contributed by atoms with Crippen molar-refractivity contribution in [1.82, 2.24) is 5.32 Å². The van der Waals surface area contributed by atoms with Crippen molar-refractivity contribution in [2.45, 2.75) is 31.8 Å². The van der Waals surface area contributed by atoms with Gasteiger partial charge in [-0.2, -0.15) is 0 Å². The first-order valence-corrected chi connectivity index (χ1v) is 3.70.